The zero-order valence-electron chi connectivity index (χ0n) is 26.8. The van der Waals surface area contributed by atoms with E-state index < -0.39 is 8.80 Å². The average molecular weight is 636 g/mol. The summed E-state index contributed by atoms with van der Waals surface area (Å²) in [6.45, 7) is 0. The summed E-state index contributed by atoms with van der Waals surface area (Å²) in [4.78, 5) is 13.5. The summed E-state index contributed by atoms with van der Waals surface area (Å²) in [5, 5.41) is 6.64. The summed E-state index contributed by atoms with van der Waals surface area (Å²) in [6, 6.07) is 55.0. The Kier molecular flexibility index (Phi) is 6.69. The molecule has 0 atom stereocenters. The van der Waals surface area contributed by atoms with Gasteiger partial charge in [-0.2, -0.15) is 0 Å². The lowest BCUT2D eigenvalue weighted by molar-refractivity contribution is -0.644. The molecule has 0 unspecified atom stereocenters. The second-order valence-electron chi connectivity index (χ2n) is 12.3. The van der Waals surface area contributed by atoms with E-state index in [0.717, 1.165) is 50.9 Å². The summed E-state index contributed by atoms with van der Waals surface area (Å²) in [7, 11) is 2.93. The molecule has 0 saturated heterocycles. The molecule has 0 amide bonds. The molecule has 1 radical (unpaired) electrons. The Hall–Kier alpha value is -5.98. The van der Waals surface area contributed by atoms with Crippen LogP contribution in [0.5, 0.6) is 0 Å². The predicted octanol–water partition coefficient (Wildman–Crippen LogP) is 7.27. The molecule has 1 aliphatic heterocycles. The molecule has 229 valence electrons. The topological polar surface area (TPSA) is 39.0 Å². The molecule has 48 heavy (non-hydrogen) atoms. The van der Waals surface area contributed by atoms with Crippen LogP contribution in [0.15, 0.2) is 158 Å². The van der Waals surface area contributed by atoms with E-state index in [0.29, 0.717) is 0 Å². The summed E-state index contributed by atoms with van der Waals surface area (Å²) >= 11 is 0. The lowest BCUT2D eigenvalue weighted by Crippen LogP contribution is -2.52. The third kappa shape index (κ3) is 4.53. The number of hydrogen-bond acceptors (Lipinski definition) is 3. The highest BCUT2D eigenvalue weighted by Gasteiger charge is 2.30. The molecule has 1 N–H and O–H groups in total. The van der Waals surface area contributed by atoms with Crippen LogP contribution in [0.1, 0.15) is 0 Å². The minimum absolute atomic E-state index is 0.885. The van der Waals surface area contributed by atoms with Crippen molar-refractivity contribution in [1.29, 1.82) is 0 Å². The van der Waals surface area contributed by atoms with Crippen LogP contribution in [0.4, 0.5) is 28.6 Å². The van der Waals surface area contributed by atoms with Gasteiger partial charge in [0.05, 0.1) is 41.1 Å². The van der Waals surface area contributed by atoms with E-state index in [9.17, 15) is 0 Å². The van der Waals surface area contributed by atoms with Gasteiger partial charge in [-0.1, -0.05) is 114 Å². The molecule has 8 aromatic rings. The Morgan fingerprint density at radius 1 is 0.625 bits per heavy atom. The Morgan fingerprint density at radius 2 is 1.31 bits per heavy atom. The average Bonchev–Trinajstić information content (AvgIpc) is 3.53. The van der Waals surface area contributed by atoms with Crippen LogP contribution in [-0.4, -0.2) is 25.8 Å². The number of benzene rings is 6. The number of pyridine rings is 1. The number of aryl methyl sites for hydroxylation is 1. The molecule has 1 aliphatic rings. The van der Waals surface area contributed by atoms with E-state index in [1.54, 1.807) is 0 Å². The van der Waals surface area contributed by atoms with Gasteiger partial charge in [-0.05, 0) is 64.5 Å². The maximum Gasteiger partial charge on any atom is 0.242 e. The first-order valence-corrected chi connectivity index (χ1v) is 17.8. The van der Waals surface area contributed by atoms with Crippen LogP contribution in [0.25, 0.3) is 33.1 Å². The maximum absolute atomic E-state index is 5.37. The Labute approximate surface area is 281 Å². The number of H-pyrrole nitrogens is 1. The quantitative estimate of drug-likeness (QED) is 0.123. The Bertz CT molecular complexity index is 2420. The summed E-state index contributed by atoms with van der Waals surface area (Å²) in [5.74, 6) is 0.885. The van der Waals surface area contributed by atoms with Gasteiger partial charge in [0.1, 0.15) is 5.82 Å². The highest BCUT2D eigenvalue weighted by atomic mass is 28.3. The highest BCUT2D eigenvalue weighted by molar-refractivity contribution is 6.96. The maximum atomic E-state index is 5.37. The zero-order chi connectivity index (χ0) is 32.2. The number of aromatic amines is 1. The van der Waals surface area contributed by atoms with E-state index in [4.69, 9.17) is 4.98 Å². The van der Waals surface area contributed by atoms with Crippen LogP contribution >= 0.6 is 0 Å². The number of para-hydroxylation sites is 3. The van der Waals surface area contributed by atoms with Gasteiger partial charge < -0.3 is 4.90 Å². The number of anilines is 5. The largest absolute Gasteiger partial charge is 0.341 e. The third-order valence-corrected chi connectivity index (χ3v) is 12.3. The van der Waals surface area contributed by atoms with Gasteiger partial charge in [-0.15, -0.1) is 0 Å². The van der Waals surface area contributed by atoms with Gasteiger partial charge in [0, 0.05) is 7.05 Å². The summed E-state index contributed by atoms with van der Waals surface area (Å²) in [5.41, 5.74) is 8.75. The number of hydrogen-bond donors (Lipinski definition) is 1. The molecular formula is C42H33N5Si+. The molecule has 2 aromatic heterocycles. The number of fused-ring (bicyclic) bond motifs is 4. The van der Waals surface area contributed by atoms with Gasteiger partial charge >= 0.3 is 0 Å². The van der Waals surface area contributed by atoms with Gasteiger partial charge in [0.25, 0.3) is 0 Å². The molecular weight excluding hydrogens is 603 g/mol. The van der Waals surface area contributed by atoms with Crippen LogP contribution in [-0.2, 0) is 7.05 Å². The third-order valence-electron chi connectivity index (χ3n) is 9.52. The van der Waals surface area contributed by atoms with Gasteiger partial charge in [-0.3, -0.25) is 4.90 Å². The molecule has 3 heterocycles. The first-order valence-electron chi connectivity index (χ1n) is 16.3. The van der Waals surface area contributed by atoms with Crippen LogP contribution in [0, 0.1) is 0 Å². The standard InChI is InChI=1S/C42H32N5Si/c1-45-28-43-42-32(19-12-23-37(42)45)34-20-13-25-41(44-34)47-36-22-10-9-21-35(36)46(2)38-26-29-14-11-24-40(33(29)27-39(38)47)48(30-15-5-3-6-16-30)31-17-7-4-8-18-31/h3-28H,1-2H3/p+1. The van der Waals surface area contributed by atoms with Crippen molar-refractivity contribution in [2.24, 2.45) is 7.05 Å². The van der Waals surface area contributed by atoms with Gasteiger partial charge in [-0.25, -0.2) is 14.5 Å². The van der Waals surface area contributed by atoms with Crippen molar-refractivity contribution in [1.82, 2.24) is 9.97 Å². The SMILES string of the molecule is CN1c2ccccc2N(c2cccc(-c3cccc4c3[nH]c[n+]4C)n2)c2cc3c([Si](c4ccccc4)c4ccccc4)cccc3cc21. The zero-order valence-corrected chi connectivity index (χ0v) is 27.8. The van der Waals surface area contributed by atoms with E-state index in [1.165, 1.54) is 26.3 Å². The molecule has 5 nitrogen and oxygen atoms in total. The molecule has 0 fully saturated rings. The van der Waals surface area contributed by atoms with Crippen molar-refractivity contribution in [3.8, 4) is 11.3 Å². The monoisotopic (exact) mass is 635 g/mol. The molecule has 0 spiro atoms. The van der Waals surface area contributed by atoms with Crippen molar-refractivity contribution in [2.75, 3.05) is 16.8 Å². The normalized spacial score (nSPS) is 12.5. The fourth-order valence-corrected chi connectivity index (χ4v) is 9.98. The minimum atomic E-state index is -1.30. The summed E-state index contributed by atoms with van der Waals surface area (Å²) < 4.78 is 2.11. The lowest BCUT2D eigenvalue weighted by atomic mass is 10.0. The van der Waals surface area contributed by atoms with Crippen LogP contribution in [0.3, 0.4) is 0 Å². The van der Waals surface area contributed by atoms with E-state index >= 15 is 0 Å². The minimum Gasteiger partial charge on any atom is -0.341 e. The summed E-state index contributed by atoms with van der Waals surface area (Å²) in [6.07, 6.45) is 1.99. The first kappa shape index (κ1) is 28.3. The highest BCUT2D eigenvalue weighted by Crippen LogP contribution is 2.51. The van der Waals surface area contributed by atoms with Crippen molar-refractivity contribution < 1.29 is 4.57 Å². The van der Waals surface area contributed by atoms with Crippen molar-refractivity contribution >= 4 is 74.7 Å². The number of rotatable bonds is 5. The molecule has 9 rings (SSSR count). The predicted molar refractivity (Wildman–Crippen MR) is 200 cm³/mol. The molecule has 6 aromatic carbocycles. The van der Waals surface area contributed by atoms with E-state index in [2.05, 4.69) is 185 Å². The van der Waals surface area contributed by atoms with E-state index in [1.807, 2.05) is 6.33 Å². The number of aromatic nitrogens is 3. The van der Waals surface area contributed by atoms with Crippen molar-refractivity contribution in [3.63, 3.8) is 0 Å². The lowest BCUT2D eigenvalue weighted by Gasteiger charge is -2.38. The Morgan fingerprint density at radius 3 is 2.08 bits per heavy atom. The van der Waals surface area contributed by atoms with Gasteiger partial charge in [0.15, 0.2) is 19.8 Å². The fraction of sp³-hybridized carbons (Fsp3) is 0.0476. The molecule has 6 heteroatoms. The van der Waals surface area contributed by atoms with Crippen molar-refractivity contribution in [2.45, 2.75) is 0 Å². The second-order valence-corrected chi connectivity index (χ2v) is 14.8. The Balaban J connectivity index is 1.28. The van der Waals surface area contributed by atoms with Crippen molar-refractivity contribution in [3.05, 3.63) is 158 Å². The van der Waals surface area contributed by atoms with Crippen LogP contribution in [0.2, 0.25) is 0 Å². The smallest absolute Gasteiger partial charge is 0.242 e. The number of nitrogens with one attached hydrogen (secondary N) is 1. The number of imidazole rings is 1. The van der Waals surface area contributed by atoms with Crippen LogP contribution < -0.4 is 29.9 Å². The number of nitrogens with zero attached hydrogens (tertiary/aromatic N) is 4. The second kappa shape index (κ2) is 11.4. The van der Waals surface area contributed by atoms with E-state index in [-0.39, 0.29) is 0 Å². The first-order chi connectivity index (χ1) is 23.7. The van der Waals surface area contributed by atoms with Gasteiger partial charge in [0.2, 0.25) is 6.33 Å². The molecule has 0 bridgehead atoms. The molecule has 0 aliphatic carbocycles. The molecule has 0 saturated carbocycles. The fourth-order valence-electron chi connectivity index (χ4n) is 7.23.